The van der Waals surface area contributed by atoms with Crippen molar-refractivity contribution in [2.75, 3.05) is 12.4 Å². The Morgan fingerprint density at radius 1 is 1.09 bits per heavy atom. The Hall–Kier alpha value is -3.44. The van der Waals surface area contributed by atoms with E-state index in [1.54, 1.807) is 38.3 Å². The molecule has 1 aromatic heterocycles. The number of rotatable bonds is 9. The molecule has 2 N–H and O–H groups in total. The summed E-state index contributed by atoms with van der Waals surface area (Å²) in [6.45, 7) is 7.65. The highest BCUT2D eigenvalue weighted by atomic mass is 28.3. The number of methoxy groups -OCH3 is 1. The van der Waals surface area contributed by atoms with Gasteiger partial charge < -0.3 is 19.8 Å². The molecule has 0 bridgehead atoms. The number of carbonyl (C=O) groups excluding carboxylic acids is 2. The van der Waals surface area contributed by atoms with Gasteiger partial charge in [0.2, 0.25) is 17.7 Å². The number of nitrogens with zero attached hydrogens (tertiary/aromatic N) is 2. The number of aromatic nitrogens is 2. The molecule has 0 saturated carbocycles. The van der Waals surface area contributed by atoms with Gasteiger partial charge in [0.05, 0.1) is 20.4 Å². The highest BCUT2D eigenvalue weighted by molar-refractivity contribution is 6.88. The number of hydrogen-bond acceptors (Lipinski definition) is 6. The first-order valence-corrected chi connectivity index (χ1v) is 14.4. The molecule has 11 heteroatoms. The molecule has 0 aliphatic rings. The van der Waals surface area contributed by atoms with E-state index in [4.69, 9.17) is 9.15 Å². The average Bonchev–Trinajstić information content (AvgIpc) is 3.18. The molecule has 0 fully saturated rings. The molecule has 186 valence electrons. The highest BCUT2D eigenvalue weighted by Crippen LogP contribution is 2.21. The zero-order valence-corrected chi connectivity index (χ0v) is 21.2. The number of anilines is 1. The molecule has 0 aliphatic heterocycles. The normalized spacial score (nSPS) is 12.3. The SMILES string of the molecule is COCc1ccc(C(NC(=O)Cc2nnc(C)o2)C(=O)Nc2cc(F)c([Si](C)(C)C)cc2F)cc1. The van der Waals surface area contributed by atoms with Gasteiger partial charge in [0.15, 0.2) is 0 Å². The molecule has 1 unspecified atom stereocenters. The van der Waals surface area contributed by atoms with Crippen LogP contribution in [0.25, 0.3) is 0 Å². The Morgan fingerprint density at radius 2 is 1.77 bits per heavy atom. The summed E-state index contributed by atoms with van der Waals surface area (Å²) in [4.78, 5) is 25.8. The summed E-state index contributed by atoms with van der Waals surface area (Å²) in [6, 6.07) is 7.71. The third kappa shape index (κ3) is 6.80. The first kappa shape index (κ1) is 26.2. The van der Waals surface area contributed by atoms with Gasteiger partial charge in [-0.05, 0) is 22.4 Å². The zero-order valence-electron chi connectivity index (χ0n) is 20.2. The standard InChI is InChI=1S/C24H28F2N4O4Si/c1-14-29-30-22(34-14)12-21(31)28-23(16-8-6-15(7-9-16)13-33-2)24(32)27-19-10-18(26)20(11-17(19)25)35(3,4)5/h6-11,23H,12-13H2,1-5H3,(H,27,32)(H,28,31). The first-order chi connectivity index (χ1) is 16.5. The van der Waals surface area contributed by atoms with E-state index < -0.39 is 37.6 Å². The molecule has 1 atom stereocenters. The monoisotopic (exact) mass is 502 g/mol. The van der Waals surface area contributed by atoms with Crippen molar-refractivity contribution in [2.45, 2.75) is 45.6 Å². The summed E-state index contributed by atoms with van der Waals surface area (Å²) in [6.07, 6.45) is -0.250. The van der Waals surface area contributed by atoms with Gasteiger partial charge in [0.1, 0.15) is 24.1 Å². The van der Waals surface area contributed by atoms with Crippen LogP contribution in [0.2, 0.25) is 19.6 Å². The van der Waals surface area contributed by atoms with E-state index in [9.17, 15) is 18.4 Å². The molecule has 2 aromatic carbocycles. The maximum atomic E-state index is 14.8. The molecule has 0 aliphatic carbocycles. The van der Waals surface area contributed by atoms with E-state index in [0.29, 0.717) is 23.2 Å². The number of benzene rings is 2. The third-order valence-corrected chi connectivity index (χ3v) is 7.19. The Balaban J connectivity index is 1.86. The second-order valence-electron chi connectivity index (χ2n) is 9.12. The lowest BCUT2D eigenvalue weighted by atomic mass is 10.0. The van der Waals surface area contributed by atoms with Crippen LogP contribution in [0.3, 0.4) is 0 Å². The van der Waals surface area contributed by atoms with Gasteiger partial charge in [0.25, 0.3) is 5.91 Å². The maximum Gasteiger partial charge on any atom is 0.251 e. The number of aryl methyl sites for hydroxylation is 1. The van der Waals surface area contributed by atoms with Crippen LogP contribution in [0.15, 0.2) is 40.8 Å². The van der Waals surface area contributed by atoms with Crippen LogP contribution < -0.4 is 15.8 Å². The number of amides is 2. The van der Waals surface area contributed by atoms with Gasteiger partial charge in [-0.3, -0.25) is 9.59 Å². The van der Waals surface area contributed by atoms with Crippen molar-refractivity contribution in [1.82, 2.24) is 15.5 Å². The smallest absolute Gasteiger partial charge is 0.251 e. The van der Waals surface area contributed by atoms with Gasteiger partial charge in [0, 0.05) is 20.1 Å². The Bertz CT molecular complexity index is 1210. The van der Waals surface area contributed by atoms with Gasteiger partial charge in [-0.1, -0.05) is 43.9 Å². The van der Waals surface area contributed by atoms with Crippen LogP contribution in [0, 0.1) is 18.6 Å². The molecule has 0 saturated heterocycles. The van der Waals surface area contributed by atoms with E-state index in [-0.39, 0.29) is 18.0 Å². The number of carbonyl (C=O) groups is 2. The van der Waals surface area contributed by atoms with Gasteiger partial charge >= 0.3 is 0 Å². The minimum absolute atomic E-state index is 0.0876. The average molecular weight is 503 g/mol. The molecule has 35 heavy (non-hydrogen) atoms. The van der Waals surface area contributed by atoms with Crippen molar-refractivity contribution < 1.29 is 27.5 Å². The predicted octanol–water partition coefficient (Wildman–Crippen LogP) is 3.39. The molecule has 3 aromatic rings. The lowest BCUT2D eigenvalue weighted by molar-refractivity contribution is -0.126. The third-order valence-electron chi connectivity index (χ3n) is 5.19. The van der Waals surface area contributed by atoms with E-state index in [1.807, 2.05) is 19.6 Å². The van der Waals surface area contributed by atoms with Crippen molar-refractivity contribution in [3.63, 3.8) is 0 Å². The first-order valence-electron chi connectivity index (χ1n) is 10.9. The summed E-state index contributed by atoms with van der Waals surface area (Å²) in [7, 11) is -0.571. The molecule has 2 amide bonds. The second-order valence-corrected chi connectivity index (χ2v) is 14.2. The lowest BCUT2D eigenvalue weighted by Crippen LogP contribution is -2.41. The molecule has 1 heterocycles. The van der Waals surface area contributed by atoms with Crippen LogP contribution in [0.5, 0.6) is 0 Å². The predicted molar refractivity (Wildman–Crippen MR) is 129 cm³/mol. The summed E-state index contributed by atoms with van der Waals surface area (Å²) in [5.74, 6) is -2.25. The number of nitrogens with one attached hydrogen (secondary N) is 2. The Morgan fingerprint density at radius 3 is 2.34 bits per heavy atom. The fourth-order valence-electron chi connectivity index (χ4n) is 3.45. The van der Waals surface area contributed by atoms with Gasteiger partial charge in [-0.2, -0.15) is 0 Å². The molecule has 0 spiro atoms. The molecule has 0 radical (unpaired) electrons. The summed E-state index contributed by atoms with van der Waals surface area (Å²) in [5.41, 5.74) is 0.993. The van der Waals surface area contributed by atoms with Gasteiger partial charge in [-0.25, -0.2) is 8.78 Å². The van der Waals surface area contributed by atoms with Crippen molar-refractivity contribution in [1.29, 1.82) is 0 Å². The van der Waals surface area contributed by atoms with Crippen LogP contribution in [-0.2, 0) is 27.4 Å². The highest BCUT2D eigenvalue weighted by Gasteiger charge is 2.27. The van der Waals surface area contributed by atoms with Crippen LogP contribution in [-0.4, -0.2) is 37.2 Å². The van der Waals surface area contributed by atoms with Crippen LogP contribution in [0.1, 0.15) is 29.0 Å². The van der Waals surface area contributed by atoms with Crippen molar-refractivity contribution in [2.24, 2.45) is 0 Å². The minimum Gasteiger partial charge on any atom is -0.425 e. The lowest BCUT2D eigenvalue weighted by Gasteiger charge is -2.21. The Kier molecular flexibility index (Phi) is 8.13. The zero-order chi connectivity index (χ0) is 25.8. The Labute approximate surface area is 203 Å². The summed E-state index contributed by atoms with van der Waals surface area (Å²) < 4.78 is 39.8. The quantitative estimate of drug-likeness (QED) is 0.435. The number of hydrogen-bond donors (Lipinski definition) is 2. The maximum absolute atomic E-state index is 14.8. The molecular formula is C24H28F2N4O4Si. The van der Waals surface area contributed by atoms with E-state index in [1.165, 1.54) is 0 Å². The topological polar surface area (TPSA) is 106 Å². The summed E-state index contributed by atoms with van der Waals surface area (Å²) >= 11 is 0. The second kappa shape index (κ2) is 10.9. The fourth-order valence-corrected chi connectivity index (χ4v) is 4.80. The molecule has 8 nitrogen and oxygen atoms in total. The molecule has 3 rings (SSSR count). The minimum atomic E-state index is -2.13. The van der Waals surface area contributed by atoms with E-state index in [0.717, 1.165) is 17.7 Å². The van der Waals surface area contributed by atoms with Gasteiger partial charge in [-0.15, -0.1) is 10.2 Å². The van der Waals surface area contributed by atoms with Crippen molar-refractivity contribution >= 4 is 30.8 Å². The molecular weight excluding hydrogens is 474 g/mol. The number of ether oxygens (including phenoxy) is 1. The largest absolute Gasteiger partial charge is 0.425 e. The van der Waals surface area contributed by atoms with Crippen LogP contribution in [0.4, 0.5) is 14.5 Å². The van der Waals surface area contributed by atoms with E-state index >= 15 is 0 Å². The van der Waals surface area contributed by atoms with Crippen LogP contribution >= 0.6 is 0 Å². The fraction of sp³-hybridized carbons (Fsp3) is 0.333. The van der Waals surface area contributed by atoms with Crippen molar-refractivity contribution in [3.8, 4) is 0 Å². The van der Waals surface area contributed by atoms with Crippen molar-refractivity contribution in [3.05, 3.63) is 70.9 Å². The summed E-state index contributed by atoms with van der Waals surface area (Å²) in [5, 5.41) is 12.8. The van der Waals surface area contributed by atoms with E-state index in [2.05, 4.69) is 20.8 Å². The number of halogens is 2.